The van der Waals surface area contributed by atoms with Gasteiger partial charge in [0.15, 0.2) is 11.0 Å². The number of hydrogen-bond acceptors (Lipinski definition) is 5. The predicted molar refractivity (Wildman–Crippen MR) is 106 cm³/mol. The Morgan fingerprint density at radius 3 is 2.67 bits per heavy atom. The van der Waals surface area contributed by atoms with Crippen LogP contribution < -0.4 is 4.90 Å². The Labute approximate surface area is 162 Å². The molecular formula is C20H19N5OS. The molecule has 0 bridgehead atoms. The second-order valence-corrected chi connectivity index (χ2v) is 6.94. The van der Waals surface area contributed by atoms with Gasteiger partial charge in [-0.15, -0.1) is 10.2 Å². The first-order valence-electron chi connectivity index (χ1n) is 8.41. The highest BCUT2D eigenvalue weighted by Gasteiger charge is 2.18. The van der Waals surface area contributed by atoms with Gasteiger partial charge in [0.1, 0.15) is 6.54 Å². The summed E-state index contributed by atoms with van der Waals surface area (Å²) in [4.78, 5) is 14.1. The van der Waals surface area contributed by atoms with Gasteiger partial charge >= 0.3 is 0 Å². The second kappa shape index (κ2) is 8.52. The lowest BCUT2D eigenvalue weighted by Gasteiger charge is -2.19. The first kappa shape index (κ1) is 18.7. The summed E-state index contributed by atoms with van der Waals surface area (Å²) in [5, 5.41) is 18.2. The third kappa shape index (κ3) is 4.36. The number of carbonyl (C=O) groups excluding carboxylic acids is 1. The van der Waals surface area contributed by atoms with Crippen molar-refractivity contribution in [1.82, 2.24) is 14.8 Å². The van der Waals surface area contributed by atoms with Gasteiger partial charge in [-0.1, -0.05) is 53.7 Å². The molecule has 1 heterocycles. The van der Waals surface area contributed by atoms with Gasteiger partial charge in [0.25, 0.3) is 0 Å². The van der Waals surface area contributed by atoms with Gasteiger partial charge in [-0.05, 0) is 25.1 Å². The smallest absolute Gasteiger partial charge is 0.238 e. The minimum absolute atomic E-state index is 0.0107. The van der Waals surface area contributed by atoms with Crippen LogP contribution in [0.15, 0.2) is 59.8 Å². The Balaban J connectivity index is 1.73. The molecule has 0 unspecified atom stereocenters. The SMILES string of the molecule is Cc1cccc(-c2nnc(SCC(=O)N(CC#N)c3ccccc3)n2C)c1. The fourth-order valence-corrected chi connectivity index (χ4v) is 3.47. The summed E-state index contributed by atoms with van der Waals surface area (Å²) in [6.07, 6.45) is 0. The molecule has 0 saturated heterocycles. The summed E-state index contributed by atoms with van der Waals surface area (Å²) >= 11 is 1.31. The van der Waals surface area contributed by atoms with E-state index in [1.165, 1.54) is 16.7 Å². The van der Waals surface area contributed by atoms with Crippen molar-refractivity contribution in [2.45, 2.75) is 12.1 Å². The van der Waals surface area contributed by atoms with Crippen LogP contribution in [0.2, 0.25) is 0 Å². The van der Waals surface area contributed by atoms with E-state index in [-0.39, 0.29) is 18.2 Å². The van der Waals surface area contributed by atoms with Crippen LogP contribution in [0.25, 0.3) is 11.4 Å². The summed E-state index contributed by atoms with van der Waals surface area (Å²) in [5.41, 5.74) is 2.84. The molecule has 0 atom stereocenters. The number of benzene rings is 2. The zero-order chi connectivity index (χ0) is 19.2. The van der Waals surface area contributed by atoms with Crippen LogP contribution in [-0.2, 0) is 11.8 Å². The number of carbonyl (C=O) groups is 1. The molecule has 0 aliphatic carbocycles. The van der Waals surface area contributed by atoms with E-state index in [2.05, 4.69) is 16.3 Å². The van der Waals surface area contributed by atoms with Gasteiger partial charge in [-0.2, -0.15) is 5.26 Å². The predicted octanol–water partition coefficient (Wildman–Crippen LogP) is 3.44. The molecule has 0 saturated carbocycles. The van der Waals surface area contributed by atoms with Crippen LogP contribution in [0.3, 0.4) is 0 Å². The van der Waals surface area contributed by atoms with Gasteiger partial charge in [0.05, 0.1) is 11.8 Å². The van der Waals surface area contributed by atoms with Crippen LogP contribution in [0.4, 0.5) is 5.69 Å². The van der Waals surface area contributed by atoms with Crippen molar-refractivity contribution in [3.05, 3.63) is 60.2 Å². The zero-order valence-electron chi connectivity index (χ0n) is 15.2. The minimum Gasteiger partial charge on any atom is -0.305 e. The average Bonchev–Trinajstić information content (AvgIpc) is 3.05. The lowest BCUT2D eigenvalue weighted by Crippen LogP contribution is -2.32. The Morgan fingerprint density at radius 1 is 1.19 bits per heavy atom. The summed E-state index contributed by atoms with van der Waals surface area (Å²) in [6, 6.07) is 19.3. The molecule has 0 aliphatic heterocycles. The third-order valence-electron chi connectivity index (χ3n) is 4.03. The van der Waals surface area contributed by atoms with Crippen molar-refractivity contribution < 1.29 is 4.79 Å². The van der Waals surface area contributed by atoms with Crippen molar-refractivity contribution >= 4 is 23.4 Å². The Morgan fingerprint density at radius 2 is 1.96 bits per heavy atom. The van der Waals surface area contributed by atoms with Crippen molar-refractivity contribution in [2.24, 2.45) is 7.05 Å². The summed E-state index contributed by atoms with van der Waals surface area (Å²) in [5.74, 6) is 0.787. The van der Waals surface area contributed by atoms with E-state index in [1.807, 2.05) is 73.1 Å². The molecule has 0 N–H and O–H groups in total. The maximum Gasteiger partial charge on any atom is 0.238 e. The number of aromatic nitrogens is 3. The van der Waals surface area contributed by atoms with Crippen molar-refractivity contribution in [3.8, 4) is 17.5 Å². The van der Waals surface area contributed by atoms with Crippen LogP contribution in [0.1, 0.15) is 5.56 Å². The molecule has 136 valence electrons. The number of amides is 1. The number of aryl methyl sites for hydroxylation is 1. The van der Waals surface area contributed by atoms with Crippen LogP contribution >= 0.6 is 11.8 Å². The zero-order valence-corrected chi connectivity index (χ0v) is 16.0. The molecule has 1 aromatic heterocycles. The molecule has 6 nitrogen and oxygen atoms in total. The largest absolute Gasteiger partial charge is 0.305 e. The number of nitrogens with zero attached hydrogens (tertiary/aromatic N) is 5. The Bertz CT molecular complexity index is 978. The summed E-state index contributed by atoms with van der Waals surface area (Å²) in [7, 11) is 1.88. The standard InChI is InChI=1S/C20H19N5OS/c1-15-7-6-8-16(13-15)19-22-23-20(24(19)2)27-14-18(26)25(12-11-21)17-9-4-3-5-10-17/h3-10,13H,12,14H2,1-2H3. The average molecular weight is 377 g/mol. The van der Waals surface area contributed by atoms with E-state index in [4.69, 9.17) is 5.26 Å². The van der Waals surface area contributed by atoms with Crippen LogP contribution in [0.5, 0.6) is 0 Å². The molecule has 0 spiro atoms. The molecule has 3 aromatic rings. The topological polar surface area (TPSA) is 74.8 Å². The number of hydrogen-bond donors (Lipinski definition) is 0. The number of nitriles is 1. The molecule has 0 fully saturated rings. The van der Waals surface area contributed by atoms with Crippen molar-refractivity contribution in [1.29, 1.82) is 5.26 Å². The quantitative estimate of drug-likeness (QED) is 0.486. The van der Waals surface area contributed by atoms with E-state index < -0.39 is 0 Å². The summed E-state index contributed by atoms with van der Waals surface area (Å²) < 4.78 is 1.88. The highest BCUT2D eigenvalue weighted by Crippen LogP contribution is 2.24. The van der Waals surface area contributed by atoms with Gasteiger partial charge in [0, 0.05) is 18.3 Å². The maximum absolute atomic E-state index is 12.6. The molecule has 3 rings (SSSR count). The van der Waals surface area contributed by atoms with Gasteiger partial charge in [-0.3, -0.25) is 9.69 Å². The normalized spacial score (nSPS) is 10.4. The molecule has 0 aliphatic rings. The van der Waals surface area contributed by atoms with Crippen LogP contribution in [-0.4, -0.2) is 33.0 Å². The van der Waals surface area contributed by atoms with Gasteiger partial charge in [-0.25, -0.2) is 0 Å². The first-order valence-corrected chi connectivity index (χ1v) is 9.40. The monoisotopic (exact) mass is 377 g/mol. The second-order valence-electron chi connectivity index (χ2n) is 6.00. The Hall–Kier alpha value is -3.11. The van der Waals surface area contributed by atoms with E-state index in [1.54, 1.807) is 0 Å². The van der Waals surface area contributed by atoms with E-state index in [9.17, 15) is 4.79 Å². The number of anilines is 1. The van der Waals surface area contributed by atoms with Gasteiger partial charge < -0.3 is 4.57 Å². The molecular weight excluding hydrogens is 358 g/mol. The number of rotatable bonds is 6. The highest BCUT2D eigenvalue weighted by atomic mass is 32.2. The lowest BCUT2D eigenvalue weighted by molar-refractivity contribution is -0.116. The maximum atomic E-state index is 12.6. The fourth-order valence-electron chi connectivity index (χ4n) is 2.68. The van der Waals surface area contributed by atoms with E-state index in [0.717, 1.165) is 17.0 Å². The van der Waals surface area contributed by atoms with Gasteiger partial charge in [0.2, 0.25) is 5.91 Å². The number of para-hydroxylation sites is 1. The molecule has 7 heteroatoms. The molecule has 2 aromatic carbocycles. The minimum atomic E-state index is -0.146. The third-order valence-corrected chi connectivity index (χ3v) is 5.04. The molecule has 1 amide bonds. The van der Waals surface area contributed by atoms with Crippen molar-refractivity contribution in [3.63, 3.8) is 0 Å². The molecule has 0 radical (unpaired) electrons. The highest BCUT2D eigenvalue weighted by molar-refractivity contribution is 7.99. The first-order chi connectivity index (χ1) is 13.1. The van der Waals surface area contributed by atoms with Crippen LogP contribution in [0, 0.1) is 18.3 Å². The van der Waals surface area contributed by atoms with Crippen molar-refractivity contribution in [2.75, 3.05) is 17.2 Å². The van der Waals surface area contributed by atoms with E-state index >= 15 is 0 Å². The number of thioether (sulfide) groups is 1. The summed E-state index contributed by atoms with van der Waals surface area (Å²) in [6.45, 7) is 2.04. The van der Waals surface area contributed by atoms with E-state index in [0.29, 0.717) is 10.8 Å². The molecule has 27 heavy (non-hydrogen) atoms. The fraction of sp³-hybridized carbons (Fsp3) is 0.200. The lowest BCUT2D eigenvalue weighted by atomic mass is 10.1. The Kier molecular flexibility index (Phi) is 5.89.